The minimum absolute atomic E-state index is 0.0801. The molecule has 2 amide bonds. The van der Waals surface area contributed by atoms with Gasteiger partial charge < -0.3 is 14.6 Å². The molecule has 36 heavy (non-hydrogen) atoms. The Hall–Kier alpha value is -4.40. The van der Waals surface area contributed by atoms with E-state index in [-0.39, 0.29) is 12.4 Å². The topological polar surface area (TPSA) is 117 Å². The first-order valence-corrected chi connectivity index (χ1v) is 11.4. The Labute approximate surface area is 207 Å². The number of rotatable bonds is 8. The highest BCUT2D eigenvalue weighted by Crippen LogP contribution is 2.35. The van der Waals surface area contributed by atoms with Gasteiger partial charge in [-0.2, -0.15) is 0 Å². The van der Waals surface area contributed by atoms with E-state index < -0.39 is 24.2 Å². The maximum atomic E-state index is 13.2. The lowest BCUT2D eigenvalue weighted by molar-refractivity contribution is -0.124. The zero-order valence-electron chi connectivity index (χ0n) is 19.5. The van der Waals surface area contributed by atoms with Gasteiger partial charge in [0.1, 0.15) is 11.9 Å². The fourth-order valence-corrected chi connectivity index (χ4v) is 4.11. The van der Waals surface area contributed by atoms with Gasteiger partial charge in [-0.05, 0) is 35.9 Å². The predicted octanol–water partition coefficient (Wildman–Crippen LogP) is 5.46. The molecule has 0 heterocycles. The molecule has 4 aromatic rings. The number of phenols is 1. The quantitative estimate of drug-likeness (QED) is 0.149. The van der Waals surface area contributed by atoms with Crippen molar-refractivity contribution in [3.05, 3.63) is 96.6 Å². The molecule has 0 aliphatic carbocycles. The van der Waals surface area contributed by atoms with E-state index in [0.29, 0.717) is 22.0 Å². The summed E-state index contributed by atoms with van der Waals surface area (Å²) in [6.45, 7) is 2.03. The molecule has 0 saturated heterocycles. The average molecular weight is 487 g/mol. The van der Waals surface area contributed by atoms with E-state index in [1.165, 1.54) is 17.6 Å². The van der Waals surface area contributed by atoms with Gasteiger partial charge in [0.2, 0.25) is 0 Å². The average Bonchev–Trinajstić information content (AvgIpc) is 2.90. The number of anilines is 1. The Balaban J connectivity index is 1.73. The van der Waals surface area contributed by atoms with E-state index in [0.717, 1.165) is 16.8 Å². The molecule has 0 bridgehead atoms. The van der Waals surface area contributed by atoms with Crippen LogP contribution < -0.4 is 10.8 Å². The second kappa shape index (κ2) is 11.4. The molecule has 0 aromatic heterocycles. The van der Waals surface area contributed by atoms with Crippen LogP contribution in [0.3, 0.4) is 0 Å². The van der Waals surface area contributed by atoms with Crippen molar-refractivity contribution < 1.29 is 29.4 Å². The number of nitrogens with one attached hydrogen (secondary N) is 2. The number of carbonyl (C=O) groups is 2. The third-order valence-corrected chi connectivity index (χ3v) is 5.71. The van der Waals surface area contributed by atoms with Gasteiger partial charge in [-0.1, -0.05) is 66.7 Å². The zero-order valence-corrected chi connectivity index (χ0v) is 19.5. The summed E-state index contributed by atoms with van der Waals surface area (Å²) in [7, 11) is 0. The normalized spacial score (nSPS) is 12.9. The summed E-state index contributed by atoms with van der Waals surface area (Å²) in [6.07, 6.45) is -0.0843. The van der Waals surface area contributed by atoms with Crippen LogP contribution in [0.25, 0.3) is 21.5 Å². The van der Waals surface area contributed by atoms with Crippen molar-refractivity contribution in [3.8, 4) is 5.75 Å². The molecule has 0 unspecified atom stereocenters. The van der Waals surface area contributed by atoms with Crippen LogP contribution in [0.2, 0.25) is 0 Å². The fourth-order valence-electron chi connectivity index (χ4n) is 4.11. The van der Waals surface area contributed by atoms with Crippen molar-refractivity contribution in [1.29, 1.82) is 0 Å². The highest BCUT2D eigenvalue weighted by atomic mass is 16.6. The Bertz CT molecular complexity index is 1410. The summed E-state index contributed by atoms with van der Waals surface area (Å²) in [6, 6.07) is 23.5. The van der Waals surface area contributed by atoms with Crippen LogP contribution in [-0.4, -0.2) is 35.0 Å². The number of hydroxylamine groups is 1. The Kier molecular flexibility index (Phi) is 7.79. The van der Waals surface area contributed by atoms with E-state index in [1.807, 2.05) is 42.5 Å². The summed E-state index contributed by atoms with van der Waals surface area (Å²) < 4.78 is 11.8. The van der Waals surface area contributed by atoms with Crippen LogP contribution in [0, 0.1) is 0 Å². The number of hydrogen-bond donors (Lipinski definition) is 4. The molecule has 4 aromatic carbocycles. The number of ether oxygens (including phenoxy) is 2. The van der Waals surface area contributed by atoms with Gasteiger partial charge in [0.05, 0.1) is 5.69 Å². The van der Waals surface area contributed by atoms with E-state index >= 15 is 0 Å². The van der Waals surface area contributed by atoms with Crippen molar-refractivity contribution >= 4 is 39.2 Å². The molecule has 8 heteroatoms. The number of fused-ring (bicyclic) bond motifs is 2. The third-order valence-electron chi connectivity index (χ3n) is 5.71. The highest BCUT2D eigenvalue weighted by molar-refractivity contribution is 6.00. The number of amides is 2. The number of hydrogen-bond acceptors (Lipinski definition) is 6. The maximum Gasteiger partial charge on any atom is 0.412 e. The number of aromatic hydroxyl groups is 1. The highest BCUT2D eigenvalue weighted by Gasteiger charge is 2.28. The summed E-state index contributed by atoms with van der Waals surface area (Å²) in [5.74, 6) is -0.675. The zero-order chi connectivity index (χ0) is 25.5. The first-order valence-electron chi connectivity index (χ1n) is 11.4. The monoisotopic (exact) mass is 486 g/mol. The number of benzene rings is 4. The molecule has 0 fully saturated rings. The van der Waals surface area contributed by atoms with E-state index in [2.05, 4.69) is 5.32 Å². The molecule has 0 saturated carbocycles. The molecular formula is C28H26N2O6. The van der Waals surface area contributed by atoms with E-state index in [4.69, 9.17) is 14.7 Å². The van der Waals surface area contributed by atoms with Crippen LogP contribution in [0.15, 0.2) is 91.0 Å². The molecule has 0 aliphatic rings. The predicted molar refractivity (Wildman–Crippen MR) is 137 cm³/mol. The van der Waals surface area contributed by atoms with Crippen LogP contribution in [-0.2, 0) is 14.3 Å². The van der Waals surface area contributed by atoms with Crippen molar-refractivity contribution in [3.63, 3.8) is 0 Å². The molecule has 0 spiro atoms. The summed E-state index contributed by atoms with van der Waals surface area (Å²) in [4.78, 5) is 24.8. The lowest BCUT2D eigenvalue weighted by atomic mass is 9.96. The molecule has 8 nitrogen and oxygen atoms in total. The first kappa shape index (κ1) is 24.7. The second-order valence-electron chi connectivity index (χ2n) is 7.95. The SMILES string of the molecule is CCO[C@H](/C=C/C(=O)NO)[C@H](OC(=O)Nc1cccc2ccccc12)c1ccc(O)c2ccccc12. The van der Waals surface area contributed by atoms with Crippen molar-refractivity contribution in [2.45, 2.75) is 19.1 Å². The standard InChI is InChI=1S/C28H26N2O6/c1-2-35-25(16-17-26(32)30-34)27(22-14-15-24(31)21-12-6-5-11-20(21)22)36-28(33)29-23-13-7-9-18-8-3-4-10-19(18)23/h3-17,25,27,31,34H,2H2,1H3,(H,29,33)(H,30,32)/b17-16+/t25-,27-/m1/s1. The van der Waals surface area contributed by atoms with Crippen molar-refractivity contribution in [2.75, 3.05) is 11.9 Å². The van der Waals surface area contributed by atoms with Gasteiger partial charge >= 0.3 is 6.09 Å². The first-order chi connectivity index (χ1) is 17.5. The molecule has 184 valence electrons. The molecule has 0 aliphatic heterocycles. The van der Waals surface area contributed by atoms with Gasteiger partial charge in [-0.25, -0.2) is 10.3 Å². The summed E-state index contributed by atoms with van der Waals surface area (Å²) in [5.41, 5.74) is 2.69. The maximum absolute atomic E-state index is 13.2. The van der Waals surface area contributed by atoms with Crippen molar-refractivity contribution in [1.82, 2.24) is 5.48 Å². The van der Waals surface area contributed by atoms with Crippen LogP contribution in [0.4, 0.5) is 10.5 Å². The molecule has 4 rings (SSSR count). The van der Waals surface area contributed by atoms with Gasteiger partial charge in [-0.15, -0.1) is 0 Å². The lowest BCUT2D eigenvalue weighted by Crippen LogP contribution is -2.28. The smallest absolute Gasteiger partial charge is 0.412 e. The van der Waals surface area contributed by atoms with Crippen LogP contribution in [0.1, 0.15) is 18.6 Å². The Morgan fingerprint density at radius 1 is 0.917 bits per heavy atom. The summed E-state index contributed by atoms with van der Waals surface area (Å²) in [5, 5.41) is 25.1. The Morgan fingerprint density at radius 2 is 1.61 bits per heavy atom. The van der Waals surface area contributed by atoms with Gasteiger partial charge in [-0.3, -0.25) is 15.3 Å². The second-order valence-corrected chi connectivity index (χ2v) is 7.95. The van der Waals surface area contributed by atoms with Crippen molar-refractivity contribution in [2.24, 2.45) is 0 Å². The minimum Gasteiger partial charge on any atom is -0.507 e. The minimum atomic E-state index is -0.992. The lowest BCUT2D eigenvalue weighted by Gasteiger charge is -2.26. The molecule has 0 radical (unpaired) electrons. The van der Waals surface area contributed by atoms with E-state index in [9.17, 15) is 14.7 Å². The van der Waals surface area contributed by atoms with Crippen LogP contribution >= 0.6 is 0 Å². The van der Waals surface area contributed by atoms with Crippen LogP contribution in [0.5, 0.6) is 5.75 Å². The molecular weight excluding hydrogens is 460 g/mol. The Morgan fingerprint density at radius 3 is 2.36 bits per heavy atom. The fraction of sp³-hybridized carbons (Fsp3) is 0.143. The number of phenolic OH excluding ortho intramolecular Hbond substituents is 1. The van der Waals surface area contributed by atoms with Gasteiger partial charge in [0.25, 0.3) is 5.91 Å². The molecule has 4 N–H and O–H groups in total. The third kappa shape index (κ3) is 5.46. The molecule has 2 atom stereocenters. The van der Waals surface area contributed by atoms with Gasteiger partial charge in [0, 0.05) is 29.0 Å². The summed E-state index contributed by atoms with van der Waals surface area (Å²) >= 11 is 0. The van der Waals surface area contributed by atoms with Gasteiger partial charge in [0.15, 0.2) is 6.10 Å². The number of carbonyl (C=O) groups excluding carboxylic acids is 2. The van der Waals surface area contributed by atoms with E-state index in [1.54, 1.807) is 37.3 Å². The largest absolute Gasteiger partial charge is 0.507 e.